The fourth-order valence-corrected chi connectivity index (χ4v) is 2.21. The molecule has 0 bridgehead atoms. The minimum absolute atomic E-state index is 0.0825. The number of aryl methyl sites for hydroxylation is 1. The van der Waals surface area contributed by atoms with Crippen molar-refractivity contribution in [2.45, 2.75) is 19.5 Å². The van der Waals surface area contributed by atoms with Crippen molar-refractivity contribution in [3.8, 4) is 5.75 Å². The van der Waals surface area contributed by atoms with Crippen molar-refractivity contribution in [2.75, 3.05) is 27.8 Å². The average Bonchev–Trinajstić information content (AvgIpc) is 3.03. The lowest BCUT2D eigenvalue weighted by Crippen LogP contribution is -2.24. The Hall–Kier alpha value is -2.41. The Morgan fingerprint density at radius 2 is 2.00 bits per heavy atom. The highest BCUT2D eigenvalue weighted by molar-refractivity contribution is 5.84. The highest BCUT2D eigenvalue weighted by Crippen LogP contribution is 2.12. The van der Waals surface area contributed by atoms with Crippen molar-refractivity contribution in [3.05, 3.63) is 42.0 Å². The van der Waals surface area contributed by atoms with E-state index in [9.17, 15) is 4.79 Å². The summed E-state index contributed by atoms with van der Waals surface area (Å²) in [5, 5.41) is 4.08. The van der Waals surface area contributed by atoms with Crippen LogP contribution in [0, 0.1) is 0 Å². The SMILES string of the molecule is COC(=O)c1ncn(CN(C)CCCc2ccc(OC)cc2)n1. The molecule has 0 atom stereocenters. The van der Waals surface area contributed by atoms with Crippen molar-refractivity contribution < 1.29 is 14.3 Å². The highest BCUT2D eigenvalue weighted by atomic mass is 16.5. The van der Waals surface area contributed by atoms with Gasteiger partial charge in [-0.05, 0) is 44.1 Å². The quantitative estimate of drug-likeness (QED) is 0.689. The summed E-state index contributed by atoms with van der Waals surface area (Å²) >= 11 is 0. The largest absolute Gasteiger partial charge is 0.497 e. The molecule has 0 spiro atoms. The molecule has 0 amide bonds. The number of rotatable bonds is 8. The molecule has 1 aromatic carbocycles. The number of carbonyl (C=O) groups excluding carboxylic acids is 1. The van der Waals surface area contributed by atoms with Crippen molar-refractivity contribution in [2.24, 2.45) is 0 Å². The number of esters is 1. The Bertz CT molecular complexity index is 625. The van der Waals surface area contributed by atoms with Gasteiger partial charge in [-0.1, -0.05) is 12.1 Å². The number of ether oxygens (including phenoxy) is 2. The van der Waals surface area contributed by atoms with Crippen LogP contribution in [0.15, 0.2) is 30.6 Å². The molecule has 0 fully saturated rings. The summed E-state index contributed by atoms with van der Waals surface area (Å²) in [7, 11) is 4.99. The molecule has 1 aromatic heterocycles. The maximum absolute atomic E-state index is 11.3. The predicted octanol–water partition coefficient (Wildman–Crippen LogP) is 1.60. The first kappa shape index (κ1) is 17.0. The number of nitrogens with zero attached hydrogens (tertiary/aromatic N) is 4. The third-order valence-corrected chi connectivity index (χ3v) is 3.46. The number of hydrogen-bond donors (Lipinski definition) is 0. The molecular weight excluding hydrogens is 296 g/mol. The van der Waals surface area contributed by atoms with Crippen LogP contribution in [-0.2, 0) is 17.8 Å². The van der Waals surface area contributed by atoms with Gasteiger partial charge in [0.05, 0.1) is 20.9 Å². The molecule has 23 heavy (non-hydrogen) atoms. The number of aromatic nitrogens is 3. The summed E-state index contributed by atoms with van der Waals surface area (Å²) in [6.07, 6.45) is 3.56. The van der Waals surface area contributed by atoms with E-state index in [0.29, 0.717) is 6.67 Å². The van der Waals surface area contributed by atoms with E-state index in [1.165, 1.54) is 19.0 Å². The Balaban J connectivity index is 1.75. The second-order valence-corrected chi connectivity index (χ2v) is 5.27. The number of benzene rings is 1. The van der Waals surface area contributed by atoms with Gasteiger partial charge >= 0.3 is 5.97 Å². The summed E-state index contributed by atoms with van der Waals surface area (Å²) in [5.41, 5.74) is 1.29. The molecule has 2 rings (SSSR count). The summed E-state index contributed by atoms with van der Waals surface area (Å²) in [6.45, 7) is 1.49. The van der Waals surface area contributed by atoms with Gasteiger partial charge in [0, 0.05) is 0 Å². The maximum atomic E-state index is 11.3. The van der Waals surface area contributed by atoms with Crippen LogP contribution in [0.4, 0.5) is 0 Å². The molecule has 0 saturated heterocycles. The topological polar surface area (TPSA) is 69.5 Å². The van der Waals surface area contributed by atoms with Gasteiger partial charge in [-0.15, -0.1) is 5.10 Å². The standard InChI is InChI=1S/C16H22N4O3/c1-19(12-20-11-17-15(18-20)16(21)23-3)10-4-5-13-6-8-14(22-2)9-7-13/h6-9,11H,4-5,10,12H2,1-3H3. The molecule has 0 saturated carbocycles. The summed E-state index contributed by atoms with van der Waals surface area (Å²) in [5.74, 6) is 0.434. The van der Waals surface area contributed by atoms with Crippen LogP contribution >= 0.6 is 0 Å². The fraction of sp³-hybridized carbons (Fsp3) is 0.438. The molecule has 0 aliphatic carbocycles. The lowest BCUT2D eigenvalue weighted by Gasteiger charge is -2.16. The number of methoxy groups -OCH3 is 2. The zero-order valence-electron chi connectivity index (χ0n) is 13.7. The molecule has 124 valence electrons. The van der Waals surface area contributed by atoms with Gasteiger partial charge in [0.2, 0.25) is 0 Å². The molecule has 0 unspecified atom stereocenters. The van der Waals surface area contributed by atoms with E-state index in [0.717, 1.165) is 25.1 Å². The van der Waals surface area contributed by atoms with E-state index in [-0.39, 0.29) is 5.82 Å². The first-order valence-corrected chi connectivity index (χ1v) is 7.41. The third-order valence-electron chi connectivity index (χ3n) is 3.46. The molecule has 0 aliphatic rings. The van der Waals surface area contributed by atoms with Gasteiger partial charge < -0.3 is 9.47 Å². The zero-order valence-corrected chi connectivity index (χ0v) is 13.7. The van der Waals surface area contributed by atoms with E-state index in [4.69, 9.17) is 4.74 Å². The highest BCUT2D eigenvalue weighted by Gasteiger charge is 2.11. The van der Waals surface area contributed by atoms with E-state index in [2.05, 4.69) is 31.9 Å². The van der Waals surface area contributed by atoms with Crippen molar-refractivity contribution in [1.29, 1.82) is 0 Å². The Morgan fingerprint density at radius 1 is 1.26 bits per heavy atom. The van der Waals surface area contributed by atoms with Gasteiger partial charge in [0.25, 0.3) is 5.82 Å². The average molecular weight is 318 g/mol. The molecule has 2 aromatic rings. The van der Waals surface area contributed by atoms with Crippen LogP contribution in [-0.4, -0.2) is 53.4 Å². The molecule has 0 N–H and O–H groups in total. The van der Waals surface area contributed by atoms with Crippen LogP contribution < -0.4 is 4.74 Å². The van der Waals surface area contributed by atoms with E-state index < -0.39 is 5.97 Å². The Morgan fingerprint density at radius 3 is 2.65 bits per heavy atom. The summed E-state index contributed by atoms with van der Waals surface area (Å²) in [4.78, 5) is 17.4. The number of hydrogen-bond acceptors (Lipinski definition) is 6. The van der Waals surface area contributed by atoms with Gasteiger partial charge in [-0.2, -0.15) is 0 Å². The molecular formula is C16H22N4O3. The lowest BCUT2D eigenvalue weighted by atomic mass is 10.1. The first-order valence-electron chi connectivity index (χ1n) is 7.41. The monoisotopic (exact) mass is 318 g/mol. The normalized spacial score (nSPS) is 10.8. The third kappa shape index (κ3) is 5.07. The Kier molecular flexibility index (Phi) is 6.10. The van der Waals surface area contributed by atoms with E-state index in [1.807, 2.05) is 19.2 Å². The minimum Gasteiger partial charge on any atom is -0.497 e. The van der Waals surface area contributed by atoms with Crippen LogP contribution in [0.1, 0.15) is 22.6 Å². The van der Waals surface area contributed by atoms with Gasteiger partial charge in [-0.25, -0.2) is 14.5 Å². The van der Waals surface area contributed by atoms with Gasteiger partial charge in [-0.3, -0.25) is 4.90 Å². The zero-order chi connectivity index (χ0) is 16.7. The van der Waals surface area contributed by atoms with Crippen molar-refractivity contribution >= 4 is 5.97 Å². The summed E-state index contributed by atoms with van der Waals surface area (Å²) in [6, 6.07) is 8.11. The van der Waals surface area contributed by atoms with Crippen LogP contribution in [0.2, 0.25) is 0 Å². The lowest BCUT2D eigenvalue weighted by molar-refractivity contribution is 0.0585. The fourth-order valence-electron chi connectivity index (χ4n) is 2.21. The second-order valence-electron chi connectivity index (χ2n) is 5.27. The van der Waals surface area contributed by atoms with Gasteiger partial charge in [0.15, 0.2) is 0 Å². The van der Waals surface area contributed by atoms with Crippen LogP contribution in [0.3, 0.4) is 0 Å². The van der Waals surface area contributed by atoms with Gasteiger partial charge in [0.1, 0.15) is 12.1 Å². The molecule has 7 nitrogen and oxygen atoms in total. The maximum Gasteiger partial charge on any atom is 0.377 e. The molecule has 0 aliphatic heterocycles. The predicted molar refractivity (Wildman–Crippen MR) is 85.3 cm³/mol. The smallest absolute Gasteiger partial charge is 0.377 e. The number of carbonyl (C=O) groups is 1. The van der Waals surface area contributed by atoms with E-state index >= 15 is 0 Å². The van der Waals surface area contributed by atoms with Crippen LogP contribution in [0.25, 0.3) is 0 Å². The van der Waals surface area contributed by atoms with Crippen molar-refractivity contribution in [1.82, 2.24) is 19.7 Å². The Labute approximate surface area is 135 Å². The minimum atomic E-state index is -0.522. The van der Waals surface area contributed by atoms with E-state index in [1.54, 1.807) is 11.8 Å². The second kappa shape index (κ2) is 8.28. The summed E-state index contributed by atoms with van der Waals surface area (Å²) < 4.78 is 11.4. The first-order chi connectivity index (χ1) is 11.1. The van der Waals surface area contributed by atoms with Crippen LogP contribution in [0.5, 0.6) is 5.75 Å². The molecule has 0 radical (unpaired) electrons. The van der Waals surface area contributed by atoms with Crippen molar-refractivity contribution in [3.63, 3.8) is 0 Å². The molecule has 1 heterocycles. The molecule has 7 heteroatoms.